The molecule has 1 atom stereocenters. The van der Waals surface area contributed by atoms with Crippen LogP contribution in [0.5, 0.6) is 0 Å². The SMILES string of the molecule is CCC(CNC(=O)c1cnc[nH]1)C(=O)O. The molecule has 0 bridgehead atoms. The van der Waals surface area contributed by atoms with Crippen LogP contribution < -0.4 is 5.32 Å². The number of carboxylic acid groups (broad SMARTS) is 1. The topological polar surface area (TPSA) is 95.1 Å². The molecule has 0 aliphatic rings. The number of nitrogens with one attached hydrogen (secondary N) is 2. The summed E-state index contributed by atoms with van der Waals surface area (Å²) >= 11 is 0. The van der Waals surface area contributed by atoms with Crippen molar-refractivity contribution in [3.8, 4) is 0 Å². The number of nitrogens with zero attached hydrogens (tertiary/aromatic N) is 1. The number of aliphatic carboxylic acids is 1. The molecule has 0 saturated carbocycles. The third kappa shape index (κ3) is 3.08. The zero-order chi connectivity index (χ0) is 11.3. The summed E-state index contributed by atoms with van der Waals surface area (Å²) < 4.78 is 0. The first-order valence-corrected chi connectivity index (χ1v) is 4.64. The van der Waals surface area contributed by atoms with Gasteiger partial charge in [-0.2, -0.15) is 0 Å². The first-order valence-electron chi connectivity index (χ1n) is 4.64. The molecule has 0 aliphatic carbocycles. The molecule has 0 radical (unpaired) electrons. The van der Waals surface area contributed by atoms with Gasteiger partial charge in [-0.25, -0.2) is 4.98 Å². The number of imidazole rings is 1. The van der Waals surface area contributed by atoms with Crippen LogP contribution in [-0.2, 0) is 4.79 Å². The summed E-state index contributed by atoms with van der Waals surface area (Å²) in [6, 6.07) is 0. The Hall–Kier alpha value is -1.85. The van der Waals surface area contributed by atoms with E-state index in [0.717, 1.165) is 0 Å². The highest BCUT2D eigenvalue weighted by molar-refractivity contribution is 5.92. The van der Waals surface area contributed by atoms with Crippen molar-refractivity contribution in [3.05, 3.63) is 18.2 Å². The zero-order valence-corrected chi connectivity index (χ0v) is 8.36. The van der Waals surface area contributed by atoms with E-state index in [-0.39, 0.29) is 12.5 Å². The summed E-state index contributed by atoms with van der Waals surface area (Å²) in [6.45, 7) is 1.89. The number of hydrogen-bond donors (Lipinski definition) is 3. The third-order valence-electron chi connectivity index (χ3n) is 2.09. The van der Waals surface area contributed by atoms with Crippen molar-refractivity contribution in [2.75, 3.05) is 6.54 Å². The van der Waals surface area contributed by atoms with Crippen molar-refractivity contribution in [1.29, 1.82) is 0 Å². The first-order chi connectivity index (χ1) is 7.15. The Kier molecular flexibility index (Phi) is 3.84. The number of carboxylic acids is 1. The van der Waals surface area contributed by atoms with Crippen LogP contribution in [0.3, 0.4) is 0 Å². The van der Waals surface area contributed by atoms with Crippen molar-refractivity contribution in [2.24, 2.45) is 5.92 Å². The van der Waals surface area contributed by atoms with Crippen LogP contribution in [0.25, 0.3) is 0 Å². The van der Waals surface area contributed by atoms with E-state index in [0.29, 0.717) is 12.1 Å². The van der Waals surface area contributed by atoms with Crippen molar-refractivity contribution in [2.45, 2.75) is 13.3 Å². The van der Waals surface area contributed by atoms with E-state index in [1.165, 1.54) is 12.5 Å². The number of carbonyl (C=O) groups excluding carboxylic acids is 1. The molecule has 6 heteroatoms. The van der Waals surface area contributed by atoms with Gasteiger partial charge in [-0.3, -0.25) is 9.59 Å². The van der Waals surface area contributed by atoms with E-state index in [4.69, 9.17) is 5.11 Å². The number of carbonyl (C=O) groups is 2. The van der Waals surface area contributed by atoms with Gasteiger partial charge in [0.25, 0.3) is 5.91 Å². The van der Waals surface area contributed by atoms with E-state index in [9.17, 15) is 9.59 Å². The smallest absolute Gasteiger partial charge is 0.308 e. The number of rotatable bonds is 5. The number of H-pyrrole nitrogens is 1. The molecule has 1 unspecified atom stereocenters. The van der Waals surface area contributed by atoms with Gasteiger partial charge < -0.3 is 15.4 Å². The highest BCUT2D eigenvalue weighted by Gasteiger charge is 2.16. The average molecular weight is 211 g/mol. The maximum atomic E-state index is 11.4. The Balaban J connectivity index is 2.43. The Morgan fingerprint density at radius 3 is 2.87 bits per heavy atom. The minimum absolute atomic E-state index is 0.129. The monoisotopic (exact) mass is 211 g/mol. The largest absolute Gasteiger partial charge is 0.481 e. The summed E-state index contributed by atoms with van der Waals surface area (Å²) in [5.41, 5.74) is 0.329. The lowest BCUT2D eigenvalue weighted by Gasteiger charge is -2.09. The van der Waals surface area contributed by atoms with Crippen LogP contribution in [0, 0.1) is 5.92 Å². The van der Waals surface area contributed by atoms with Crippen LogP contribution in [0.4, 0.5) is 0 Å². The number of hydrogen-bond acceptors (Lipinski definition) is 3. The molecular weight excluding hydrogens is 198 g/mol. The molecule has 15 heavy (non-hydrogen) atoms. The Morgan fingerprint density at radius 2 is 2.40 bits per heavy atom. The fourth-order valence-corrected chi connectivity index (χ4v) is 1.10. The van der Waals surface area contributed by atoms with Crippen molar-refractivity contribution in [1.82, 2.24) is 15.3 Å². The highest BCUT2D eigenvalue weighted by Crippen LogP contribution is 2.01. The Bertz CT molecular complexity index is 334. The van der Waals surface area contributed by atoms with Gasteiger partial charge in [0.15, 0.2) is 0 Å². The predicted molar refractivity (Wildman–Crippen MR) is 52.3 cm³/mol. The lowest BCUT2D eigenvalue weighted by molar-refractivity contribution is -0.141. The van der Waals surface area contributed by atoms with Gasteiger partial charge in [-0.1, -0.05) is 6.92 Å². The molecule has 0 aliphatic heterocycles. The van der Waals surface area contributed by atoms with Crippen molar-refractivity contribution < 1.29 is 14.7 Å². The minimum Gasteiger partial charge on any atom is -0.481 e. The number of amides is 1. The fourth-order valence-electron chi connectivity index (χ4n) is 1.10. The lowest BCUT2D eigenvalue weighted by atomic mass is 10.1. The van der Waals surface area contributed by atoms with E-state index >= 15 is 0 Å². The highest BCUT2D eigenvalue weighted by atomic mass is 16.4. The molecule has 1 heterocycles. The Morgan fingerprint density at radius 1 is 1.67 bits per heavy atom. The van der Waals surface area contributed by atoms with E-state index in [1.54, 1.807) is 6.92 Å². The minimum atomic E-state index is -0.901. The average Bonchev–Trinajstić information content (AvgIpc) is 2.70. The van der Waals surface area contributed by atoms with Crippen LogP contribution in [-0.4, -0.2) is 33.5 Å². The number of aromatic amines is 1. The van der Waals surface area contributed by atoms with Crippen LogP contribution in [0.2, 0.25) is 0 Å². The second kappa shape index (κ2) is 5.14. The molecule has 0 aromatic carbocycles. The fraction of sp³-hybridized carbons (Fsp3) is 0.444. The maximum absolute atomic E-state index is 11.4. The molecule has 3 N–H and O–H groups in total. The molecule has 0 spiro atoms. The summed E-state index contributed by atoms with van der Waals surface area (Å²) in [5.74, 6) is -1.79. The van der Waals surface area contributed by atoms with Gasteiger partial charge in [-0.05, 0) is 6.42 Å². The summed E-state index contributed by atoms with van der Waals surface area (Å²) in [5, 5.41) is 11.3. The molecule has 0 fully saturated rings. The molecule has 1 amide bonds. The number of aromatic nitrogens is 2. The predicted octanol–water partition coefficient (Wildman–Crippen LogP) is 0.250. The van der Waals surface area contributed by atoms with Gasteiger partial charge in [-0.15, -0.1) is 0 Å². The van der Waals surface area contributed by atoms with E-state index < -0.39 is 11.9 Å². The summed E-state index contributed by atoms with van der Waals surface area (Å²) in [7, 11) is 0. The molecule has 1 aromatic heterocycles. The second-order valence-electron chi connectivity index (χ2n) is 3.12. The van der Waals surface area contributed by atoms with Gasteiger partial charge in [0, 0.05) is 6.54 Å². The molecular formula is C9H13N3O3. The van der Waals surface area contributed by atoms with Crippen molar-refractivity contribution in [3.63, 3.8) is 0 Å². The standard InChI is InChI=1S/C9H13N3O3/c1-2-6(9(14)15)3-11-8(13)7-4-10-5-12-7/h4-6H,2-3H2,1H3,(H,10,12)(H,11,13)(H,14,15). The molecule has 1 rings (SSSR count). The molecule has 6 nitrogen and oxygen atoms in total. The maximum Gasteiger partial charge on any atom is 0.308 e. The zero-order valence-electron chi connectivity index (χ0n) is 8.36. The van der Waals surface area contributed by atoms with Gasteiger partial charge in [0.1, 0.15) is 5.69 Å². The van der Waals surface area contributed by atoms with Gasteiger partial charge in [0.05, 0.1) is 18.4 Å². The lowest BCUT2D eigenvalue weighted by Crippen LogP contribution is -2.32. The van der Waals surface area contributed by atoms with Gasteiger partial charge >= 0.3 is 5.97 Å². The van der Waals surface area contributed by atoms with Gasteiger partial charge in [0.2, 0.25) is 0 Å². The normalized spacial score (nSPS) is 12.1. The first kappa shape index (κ1) is 11.2. The second-order valence-corrected chi connectivity index (χ2v) is 3.12. The summed E-state index contributed by atoms with van der Waals surface area (Å²) in [6.07, 6.45) is 3.26. The van der Waals surface area contributed by atoms with Crippen LogP contribution in [0.15, 0.2) is 12.5 Å². The van der Waals surface area contributed by atoms with E-state index in [2.05, 4.69) is 15.3 Å². The molecule has 0 saturated heterocycles. The molecule has 82 valence electrons. The Labute approximate surface area is 86.7 Å². The quantitative estimate of drug-likeness (QED) is 0.650. The van der Waals surface area contributed by atoms with Crippen molar-refractivity contribution >= 4 is 11.9 Å². The van der Waals surface area contributed by atoms with Crippen LogP contribution in [0.1, 0.15) is 23.8 Å². The molecule has 1 aromatic rings. The summed E-state index contributed by atoms with van der Waals surface area (Å²) in [4.78, 5) is 28.4. The third-order valence-corrected chi connectivity index (χ3v) is 2.09. The van der Waals surface area contributed by atoms with E-state index in [1.807, 2.05) is 0 Å². The van der Waals surface area contributed by atoms with Crippen LogP contribution >= 0.6 is 0 Å².